The van der Waals surface area contributed by atoms with Crippen molar-refractivity contribution in [2.24, 2.45) is 0 Å². The Morgan fingerprint density at radius 3 is 1.53 bits per heavy atom. The number of H-pyrrole nitrogens is 2. The quantitative estimate of drug-likeness (QED) is 0.0505. The van der Waals surface area contributed by atoms with Crippen molar-refractivity contribution in [2.75, 3.05) is 36.8 Å². The van der Waals surface area contributed by atoms with Crippen LogP contribution in [0.5, 0.6) is 0 Å². The van der Waals surface area contributed by atoms with Gasteiger partial charge in [-0.05, 0) is 91.5 Å². The number of likely N-dealkylation sites (tertiary alicyclic amines) is 2. The Labute approximate surface area is 402 Å². The molecular formula is C44H50BClF6N12O6. The van der Waals surface area contributed by atoms with Crippen LogP contribution < -0.4 is 16.2 Å². The number of carbonyl (C=O) groups excluding carboxylic acids is 2. The molecule has 26 heteroatoms. The van der Waals surface area contributed by atoms with Gasteiger partial charge in [-0.2, -0.15) is 26.3 Å². The third-order valence-corrected chi connectivity index (χ3v) is 11.1. The number of fused-ring (bicyclic) bond motifs is 2. The van der Waals surface area contributed by atoms with E-state index in [1.165, 1.54) is 30.6 Å². The summed E-state index contributed by atoms with van der Waals surface area (Å²) in [5, 5.41) is 25.8. The van der Waals surface area contributed by atoms with E-state index in [1.807, 2.05) is 0 Å². The second kappa shape index (κ2) is 20.1. The van der Waals surface area contributed by atoms with Crippen LogP contribution in [0.15, 0.2) is 49.1 Å². The summed E-state index contributed by atoms with van der Waals surface area (Å²) in [7, 11) is -1.82. The fourth-order valence-corrected chi connectivity index (χ4v) is 7.95. The largest absolute Gasteiger partial charge is 0.508 e. The smallest absolute Gasteiger partial charge is 0.444 e. The van der Waals surface area contributed by atoms with Crippen LogP contribution in [0.4, 0.5) is 47.8 Å². The molecule has 70 heavy (non-hydrogen) atoms. The molecule has 2 fully saturated rings. The number of amides is 2. The summed E-state index contributed by atoms with van der Waals surface area (Å²) in [4.78, 5) is 57.9. The number of ether oxygens (including phenoxy) is 2. The van der Waals surface area contributed by atoms with Gasteiger partial charge in [0.15, 0.2) is 0 Å². The highest BCUT2D eigenvalue weighted by Crippen LogP contribution is 2.40. The van der Waals surface area contributed by atoms with E-state index in [0.29, 0.717) is 61.7 Å². The van der Waals surface area contributed by atoms with E-state index in [4.69, 9.17) is 21.1 Å². The molecule has 0 aliphatic carbocycles. The Morgan fingerprint density at radius 2 is 1.11 bits per heavy atom. The lowest BCUT2D eigenvalue weighted by Gasteiger charge is -2.34. The van der Waals surface area contributed by atoms with E-state index in [0.717, 1.165) is 12.4 Å². The lowest BCUT2D eigenvalue weighted by molar-refractivity contribution is -0.138. The van der Waals surface area contributed by atoms with Crippen molar-refractivity contribution in [1.82, 2.24) is 49.7 Å². The fourth-order valence-electron chi connectivity index (χ4n) is 7.80. The van der Waals surface area contributed by atoms with E-state index in [2.05, 4.69) is 50.5 Å². The molecule has 0 radical (unpaired) electrons. The Bertz CT molecular complexity index is 2850. The summed E-state index contributed by atoms with van der Waals surface area (Å²) in [6.07, 6.45) is -3.27. The molecule has 0 spiro atoms. The first-order valence-electron chi connectivity index (χ1n) is 22.1. The summed E-state index contributed by atoms with van der Waals surface area (Å²) < 4.78 is 93.6. The average molecular weight is 1000 g/mol. The van der Waals surface area contributed by atoms with Crippen LogP contribution in [-0.4, -0.2) is 128 Å². The van der Waals surface area contributed by atoms with Gasteiger partial charge in [0.2, 0.25) is 11.9 Å². The number of carbonyl (C=O) groups is 2. The highest BCUT2D eigenvalue weighted by Gasteiger charge is 2.38. The maximum atomic E-state index is 13.8. The van der Waals surface area contributed by atoms with Crippen molar-refractivity contribution < 1.29 is 55.5 Å². The second-order valence-electron chi connectivity index (χ2n) is 18.7. The van der Waals surface area contributed by atoms with Crippen LogP contribution in [0.3, 0.4) is 0 Å². The Kier molecular flexibility index (Phi) is 14.8. The monoisotopic (exact) mass is 1000 g/mol. The molecule has 2 aliphatic heterocycles. The van der Waals surface area contributed by atoms with Gasteiger partial charge in [0, 0.05) is 84.9 Å². The first kappa shape index (κ1) is 51.4. The van der Waals surface area contributed by atoms with Crippen LogP contribution >= 0.6 is 11.6 Å². The Balaban J connectivity index is 0.000000207. The number of rotatable bonds is 7. The van der Waals surface area contributed by atoms with Crippen LogP contribution in [0.2, 0.25) is 5.15 Å². The maximum Gasteiger partial charge on any atom is 0.508 e. The van der Waals surface area contributed by atoms with Gasteiger partial charge in [0.05, 0.1) is 17.0 Å². The predicted octanol–water partition coefficient (Wildman–Crippen LogP) is 8.03. The fraction of sp³-hybridized carbons (Fsp3) is 0.455. The minimum atomic E-state index is -4.72. The average Bonchev–Trinajstić information content (AvgIpc) is 3.89. The minimum absolute atomic E-state index is 0.0150. The highest BCUT2D eigenvalue weighted by atomic mass is 35.5. The molecule has 6 N–H and O–H groups in total. The van der Waals surface area contributed by atoms with Crippen molar-refractivity contribution in [3.05, 3.63) is 65.3 Å². The number of aromatic amines is 2. The van der Waals surface area contributed by atoms with E-state index in [1.54, 1.807) is 57.4 Å². The number of piperidine rings is 2. The van der Waals surface area contributed by atoms with Crippen LogP contribution in [0, 0.1) is 0 Å². The third-order valence-electron chi connectivity index (χ3n) is 10.8. The standard InChI is InChI=1S/C22H26BF3N6O4.C22H24ClF3N6O2/c1-21(2,3)36-20(33)32-8-4-5-12(11-32)29-19-28-10-15(22(24,25)26)17(31-19)14-9-27-18-13(14)6-7-16(30-18)23(34)35;1-21(2,3)34-20(33)32-8-4-5-12(11-32)29-19-28-10-15(22(24,25)26)17(31-19)14-9-27-18-13(14)6-7-16(23)30-18/h6-7,9-10,12,34-35H,4-5,8,11H2,1-3H3,(H,27,30)(H,28,29,31);6-7,9-10,12H,4-5,8,11H2,1-3H3,(H,27,30)(H,28,29,31)/t2*12-/m00/s1. The van der Waals surface area contributed by atoms with Crippen molar-refractivity contribution >= 4 is 70.5 Å². The summed E-state index contributed by atoms with van der Waals surface area (Å²) in [6.45, 7) is 12.3. The topological polar surface area (TPSA) is 233 Å². The molecule has 0 unspecified atom stereocenters. The summed E-state index contributed by atoms with van der Waals surface area (Å²) in [6, 6.07) is 5.32. The van der Waals surface area contributed by atoms with Crippen molar-refractivity contribution in [3.8, 4) is 22.5 Å². The number of anilines is 2. The molecule has 8 rings (SSSR count). The molecule has 2 amide bonds. The molecule has 2 atom stereocenters. The van der Waals surface area contributed by atoms with Gasteiger partial charge >= 0.3 is 31.7 Å². The van der Waals surface area contributed by atoms with Gasteiger partial charge in [-0.15, -0.1) is 0 Å². The second-order valence-corrected chi connectivity index (χ2v) is 19.1. The zero-order valence-corrected chi connectivity index (χ0v) is 39.5. The van der Waals surface area contributed by atoms with Gasteiger partial charge in [-0.3, -0.25) is 0 Å². The van der Waals surface area contributed by atoms with Gasteiger partial charge < -0.3 is 49.9 Å². The first-order chi connectivity index (χ1) is 32.7. The molecule has 0 saturated carbocycles. The molecular weight excluding hydrogens is 953 g/mol. The zero-order valence-electron chi connectivity index (χ0n) is 38.8. The minimum Gasteiger partial charge on any atom is -0.444 e. The molecule has 18 nitrogen and oxygen atoms in total. The molecule has 8 heterocycles. The number of hydrogen-bond donors (Lipinski definition) is 6. The molecule has 6 aromatic heterocycles. The number of halogens is 7. The van der Waals surface area contributed by atoms with E-state index < -0.39 is 54.0 Å². The summed E-state index contributed by atoms with van der Waals surface area (Å²) in [5.41, 5.74) is -3.05. The number of nitrogens with one attached hydrogen (secondary N) is 4. The molecule has 2 saturated heterocycles. The van der Waals surface area contributed by atoms with Gasteiger partial charge in [0.25, 0.3) is 0 Å². The predicted molar refractivity (Wildman–Crippen MR) is 248 cm³/mol. The van der Waals surface area contributed by atoms with Gasteiger partial charge in [-0.25, -0.2) is 39.5 Å². The zero-order chi connectivity index (χ0) is 50.9. The lowest BCUT2D eigenvalue weighted by atomic mass is 9.85. The Hall–Kier alpha value is -6.47. The molecule has 6 aromatic rings. The first-order valence-corrected chi connectivity index (χ1v) is 22.5. The molecule has 0 aromatic carbocycles. The third kappa shape index (κ3) is 12.6. The van der Waals surface area contributed by atoms with Crippen molar-refractivity contribution in [3.63, 3.8) is 0 Å². The van der Waals surface area contributed by atoms with Crippen LogP contribution in [-0.2, 0) is 21.8 Å². The Morgan fingerprint density at radius 1 is 0.686 bits per heavy atom. The van der Waals surface area contributed by atoms with E-state index >= 15 is 0 Å². The lowest BCUT2D eigenvalue weighted by Crippen LogP contribution is -2.47. The number of hydrogen-bond acceptors (Lipinski definition) is 14. The van der Waals surface area contributed by atoms with Crippen molar-refractivity contribution in [1.29, 1.82) is 0 Å². The van der Waals surface area contributed by atoms with Gasteiger partial charge in [0.1, 0.15) is 38.8 Å². The number of nitrogens with zero attached hydrogens (tertiary/aromatic N) is 8. The van der Waals surface area contributed by atoms with Crippen LogP contribution in [0.25, 0.3) is 44.6 Å². The summed E-state index contributed by atoms with van der Waals surface area (Å²) >= 11 is 5.90. The highest BCUT2D eigenvalue weighted by molar-refractivity contribution is 6.57. The number of aromatic nitrogens is 8. The number of pyridine rings is 2. The van der Waals surface area contributed by atoms with Gasteiger partial charge in [-0.1, -0.05) is 11.6 Å². The summed E-state index contributed by atoms with van der Waals surface area (Å²) in [5.74, 6) is 0.0223. The van der Waals surface area contributed by atoms with E-state index in [-0.39, 0.29) is 69.4 Å². The normalized spacial score (nSPS) is 17.0. The van der Waals surface area contributed by atoms with Crippen molar-refractivity contribution in [2.45, 2.75) is 103 Å². The molecule has 0 bridgehead atoms. The molecule has 2 aliphatic rings. The SMILES string of the molecule is CC(C)(C)OC(=O)N1CCC[C@H](Nc2ncc(C(F)(F)F)c(-c3c[nH]c4nc(B(O)O)ccc34)n2)C1.CC(C)(C)OC(=O)N1CCC[C@H](Nc2ncc(C(F)(F)F)c(-c3c[nH]c4nc(Cl)ccc34)n2)C1. The van der Waals surface area contributed by atoms with E-state index in [9.17, 15) is 46.0 Å². The maximum absolute atomic E-state index is 13.8. The number of alkyl halides is 6. The molecule has 374 valence electrons. The van der Waals surface area contributed by atoms with Crippen LogP contribution in [0.1, 0.15) is 78.4 Å².